The van der Waals surface area contributed by atoms with E-state index in [1.54, 1.807) is 26.2 Å². The van der Waals surface area contributed by atoms with Crippen LogP contribution in [0.5, 0.6) is 0 Å². The predicted molar refractivity (Wildman–Crippen MR) is 43.6 cm³/mol. The average Bonchev–Trinajstić information content (AvgIpc) is 2.55. The van der Waals surface area contributed by atoms with Crippen molar-refractivity contribution in [1.29, 1.82) is 0 Å². The quantitative estimate of drug-likeness (QED) is 0.687. The largest absolute Gasteiger partial charge is 0.465 e. The molecule has 0 aliphatic rings. The monoisotopic (exact) mass is 168 g/mol. The van der Waals surface area contributed by atoms with E-state index in [2.05, 4.69) is 9.97 Å². The lowest BCUT2D eigenvalue weighted by Gasteiger charge is -2.06. The van der Waals surface area contributed by atoms with Gasteiger partial charge in [-0.3, -0.25) is 4.79 Å². The van der Waals surface area contributed by atoms with Crippen molar-refractivity contribution in [3.8, 4) is 0 Å². The van der Waals surface area contributed by atoms with E-state index in [1.165, 1.54) is 0 Å². The van der Waals surface area contributed by atoms with Gasteiger partial charge in [-0.2, -0.15) is 0 Å². The molecule has 0 bridgehead atoms. The third kappa shape index (κ3) is 1.84. The minimum absolute atomic E-state index is 0.243. The number of hydrogen-bond donors (Lipinski definition) is 1. The molecule has 0 spiro atoms. The van der Waals surface area contributed by atoms with Crippen LogP contribution in [-0.4, -0.2) is 22.5 Å². The van der Waals surface area contributed by atoms with Gasteiger partial charge in [0.15, 0.2) is 0 Å². The standard InChI is InChI=1S/C8H12N2O2/c1-3-12-8(11)6(2)7-9-4-5-10-7/h4-6H,3H2,1-2H3,(H,9,10)/t6-/m1/s1. The molecule has 1 N–H and O–H groups in total. The van der Waals surface area contributed by atoms with Gasteiger partial charge in [0.05, 0.1) is 6.61 Å². The van der Waals surface area contributed by atoms with E-state index >= 15 is 0 Å². The summed E-state index contributed by atoms with van der Waals surface area (Å²) in [6, 6.07) is 0. The summed E-state index contributed by atoms with van der Waals surface area (Å²) in [7, 11) is 0. The smallest absolute Gasteiger partial charge is 0.316 e. The number of nitrogens with one attached hydrogen (secondary N) is 1. The second-order valence-corrected chi connectivity index (χ2v) is 2.45. The van der Waals surface area contributed by atoms with Crippen LogP contribution >= 0.6 is 0 Å². The summed E-state index contributed by atoms with van der Waals surface area (Å²) in [6.45, 7) is 3.95. The highest BCUT2D eigenvalue weighted by atomic mass is 16.5. The molecule has 66 valence electrons. The number of esters is 1. The molecule has 1 aromatic rings. The third-order valence-electron chi connectivity index (χ3n) is 1.57. The highest BCUT2D eigenvalue weighted by Crippen LogP contribution is 2.10. The number of aromatic nitrogens is 2. The Bertz CT molecular complexity index is 244. The SMILES string of the molecule is CCOC(=O)[C@H](C)c1ncc[nH]1. The van der Waals surface area contributed by atoms with Crippen molar-refractivity contribution in [2.45, 2.75) is 19.8 Å². The van der Waals surface area contributed by atoms with Gasteiger partial charge in [-0.15, -0.1) is 0 Å². The number of imidazole rings is 1. The summed E-state index contributed by atoms with van der Waals surface area (Å²) in [4.78, 5) is 18.0. The highest BCUT2D eigenvalue weighted by molar-refractivity contribution is 5.76. The van der Waals surface area contributed by atoms with Crippen LogP contribution in [0.3, 0.4) is 0 Å². The van der Waals surface area contributed by atoms with Crippen molar-refractivity contribution in [3.05, 3.63) is 18.2 Å². The molecule has 0 aliphatic heterocycles. The summed E-state index contributed by atoms with van der Waals surface area (Å²) in [6.07, 6.45) is 3.30. The predicted octanol–water partition coefficient (Wildman–Crippen LogP) is 1.08. The number of carbonyl (C=O) groups excluding carboxylic acids is 1. The fourth-order valence-corrected chi connectivity index (χ4v) is 0.893. The topological polar surface area (TPSA) is 55.0 Å². The molecule has 0 aliphatic carbocycles. The van der Waals surface area contributed by atoms with Crippen molar-refractivity contribution < 1.29 is 9.53 Å². The first kappa shape index (κ1) is 8.77. The van der Waals surface area contributed by atoms with Crippen molar-refractivity contribution in [2.75, 3.05) is 6.61 Å². The fourth-order valence-electron chi connectivity index (χ4n) is 0.893. The van der Waals surface area contributed by atoms with Gasteiger partial charge in [0, 0.05) is 12.4 Å². The third-order valence-corrected chi connectivity index (χ3v) is 1.57. The Kier molecular flexibility index (Phi) is 2.85. The molecule has 4 nitrogen and oxygen atoms in total. The van der Waals surface area contributed by atoms with E-state index in [9.17, 15) is 4.79 Å². The van der Waals surface area contributed by atoms with Crippen molar-refractivity contribution in [1.82, 2.24) is 9.97 Å². The fraction of sp³-hybridized carbons (Fsp3) is 0.500. The first-order valence-corrected chi connectivity index (χ1v) is 3.91. The molecule has 1 heterocycles. The van der Waals surface area contributed by atoms with Gasteiger partial charge in [0.1, 0.15) is 11.7 Å². The summed E-state index contributed by atoms with van der Waals surface area (Å²) in [5.41, 5.74) is 0. The maximum atomic E-state index is 11.2. The zero-order valence-corrected chi connectivity index (χ0v) is 7.20. The zero-order valence-electron chi connectivity index (χ0n) is 7.20. The van der Waals surface area contributed by atoms with Crippen LogP contribution in [0.15, 0.2) is 12.4 Å². The lowest BCUT2D eigenvalue weighted by Crippen LogP contribution is -2.14. The van der Waals surface area contributed by atoms with E-state index in [0.717, 1.165) is 0 Å². The molecule has 0 saturated heterocycles. The number of nitrogens with zero attached hydrogens (tertiary/aromatic N) is 1. The Morgan fingerprint density at radius 3 is 3.08 bits per heavy atom. The van der Waals surface area contributed by atoms with Crippen LogP contribution in [0.2, 0.25) is 0 Å². The molecule has 1 atom stereocenters. The maximum absolute atomic E-state index is 11.2. The van der Waals surface area contributed by atoms with E-state index < -0.39 is 0 Å². The highest BCUT2D eigenvalue weighted by Gasteiger charge is 2.17. The van der Waals surface area contributed by atoms with Gasteiger partial charge in [-0.1, -0.05) is 0 Å². The van der Waals surface area contributed by atoms with Gasteiger partial charge in [-0.05, 0) is 13.8 Å². The Balaban J connectivity index is 2.59. The number of rotatable bonds is 3. The van der Waals surface area contributed by atoms with Crippen LogP contribution < -0.4 is 0 Å². The van der Waals surface area contributed by atoms with Gasteiger partial charge < -0.3 is 9.72 Å². The van der Waals surface area contributed by atoms with Gasteiger partial charge in [0.2, 0.25) is 0 Å². The number of ether oxygens (including phenoxy) is 1. The molecule has 4 heteroatoms. The molecular weight excluding hydrogens is 156 g/mol. The van der Waals surface area contributed by atoms with Gasteiger partial charge >= 0.3 is 5.97 Å². The van der Waals surface area contributed by atoms with Crippen molar-refractivity contribution in [3.63, 3.8) is 0 Å². The molecule has 0 fully saturated rings. The molecule has 0 amide bonds. The van der Waals surface area contributed by atoms with Gasteiger partial charge in [0.25, 0.3) is 0 Å². The molecule has 0 aromatic carbocycles. The Morgan fingerprint density at radius 1 is 1.83 bits per heavy atom. The van der Waals surface area contributed by atoms with Crippen molar-refractivity contribution in [2.24, 2.45) is 0 Å². The second-order valence-electron chi connectivity index (χ2n) is 2.45. The molecule has 1 aromatic heterocycles. The van der Waals surface area contributed by atoms with Gasteiger partial charge in [-0.25, -0.2) is 4.98 Å². The molecule has 1 rings (SSSR count). The van der Waals surface area contributed by atoms with Crippen molar-refractivity contribution >= 4 is 5.97 Å². The normalized spacial score (nSPS) is 12.5. The molecule has 0 unspecified atom stereocenters. The first-order chi connectivity index (χ1) is 5.75. The summed E-state index contributed by atoms with van der Waals surface area (Å²) in [5.74, 6) is 0.0980. The average molecular weight is 168 g/mol. The minimum atomic E-state index is -0.306. The van der Waals surface area contributed by atoms with Crippen LogP contribution in [0.1, 0.15) is 25.6 Å². The summed E-state index contributed by atoms with van der Waals surface area (Å²) >= 11 is 0. The maximum Gasteiger partial charge on any atom is 0.316 e. The van der Waals surface area contributed by atoms with E-state index in [-0.39, 0.29) is 11.9 Å². The van der Waals surface area contributed by atoms with E-state index in [4.69, 9.17) is 4.74 Å². The van der Waals surface area contributed by atoms with Crippen LogP contribution in [-0.2, 0) is 9.53 Å². The molecule has 12 heavy (non-hydrogen) atoms. The second kappa shape index (κ2) is 3.90. The molecule has 0 saturated carbocycles. The van der Waals surface area contributed by atoms with Crippen LogP contribution in [0.4, 0.5) is 0 Å². The lowest BCUT2D eigenvalue weighted by molar-refractivity contribution is -0.144. The van der Waals surface area contributed by atoms with Crippen LogP contribution in [0.25, 0.3) is 0 Å². The Morgan fingerprint density at radius 2 is 2.58 bits per heavy atom. The zero-order chi connectivity index (χ0) is 8.97. The van der Waals surface area contributed by atoms with Crippen LogP contribution in [0, 0.1) is 0 Å². The van der Waals surface area contributed by atoms with E-state index in [1.807, 2.05) is 0 Å². The first-order valence-electron chi connectivity index (χ1n) is 3.91. The number of H-pyrrole nitrogens is 1. The lowest BCUT2D eigenvalue weighted by atomic mass is 10.2. The van der Waals surface area contributed by atoms with E-state index in [0.29, 0.717) is 12.4 Å². The number of carbonyl (C=O) groups is 1. The summed E-state index contributed by atoms with van der Waals surface area (Å²) in [5, 5.41) is 0. The Labute approximate surface area is 71.0 Å². The molecule has 0 radical (unpaired) electrons. The minimum Gasteiger partial charge on any atom is -0.465 e. The number of hydrogen-bond acceptors (Lipinski definition) is 3. The Hall–Kier alpha value is -1.32. The number of aromatic amines is 1. The molecular formula is C8H12N2O2. The summed E-state index contributed by atoms with van der Waals surface area (Å²) < 4.78 is 4.83.